The van der Waals surface area contributed by atoms with Crippen molar-refractivity contribution in [1.29, 1.82) is 0 Å². The molecule has 0 aromatic carbocycles. The van der Waals surface area contributed by atoms with Gasteiger partial charge in [-0.2, -0.15) is 0 Å². The molecule has 2 N–H and O–H groups in total. The van der Waals surface area contributed by atoms with E-state index in [1.165, 1.54) is 141 Å². The Bertz CT molecular complexity index is 477. The van der Waals surface area contributed by atoms with Crippen LogP contribution in [0.4, 0.5) is 0 Å². The normalized spacial score (nSPS) is 11.2. The van der Waals surface area contributed by atoms with E-state index in [0.29, 0.717) is 12.8 Å². The van der Waals surface area contributed by atoms with Gasteiger partial charge in [0.25, 0.3) is 0 Å². The molecule has 0 unspecified atom stereocenters. The highest BCUT2D eigenvalue weighted by Crippen LogP contribution is 2.13. The summed E-state index contributed by atoms with van der Waals surface area (Å²) in [5.74, 6) is 0.447. The number of unbranched alkanes of at least 4 members (excludes halogenated alkanes) is 25. The fourth-order valence-electron chi connectivity index (χ4n) is 5.49. The number of hydrogen-bond donors (Lipinski definition) is 2. The number of hydrogen-bond acceptors (Lipinski definition) is 2. The Labute approximate surface area is 251 Å². The SMILES string of the molecule is CCCCCCCCCCCCCNC(=O)CCCCCCCCC(=O)NCCCCCCCCCCCCC. The minimum atomic E-state index is 0.224. The summed E-state index contributed by atoms with van der Waals surface area (Å²) in [6.45, 7) is 6.24. The number of carbonyl (C=O) groups excluding carboxylic acids is 2. The summed E-state index contributed by atoms with van der Waals surface area (Å²) in [7, 11) is 0. The van der Waals surface area contributed by atoms with Crippen molar-refractivity contribution in [3.8, 4) is 0 Å². The van der Waals surface area contributed by atoms with Gasteiger partial charge in [-0.1, -0.05) is 168 Å². The van der Waals surface area contributed by atoms with E-state index >= 15 is 0 Å². The second kappa shape index (κ2) is 34.1. The van der Waals surface area contributed by atoms with Gasteiger partial charge in [0.05, 0.1) is 0 Å². The van der Waals surface area contributed by atoms with E-state index in [1.807, 2.05) is 0 Å². The lowest BCUT2D eigenvalue weighted by atomic mass is 10.1. The van der Waals surface area contributed by atoms with Crippen molar-refractivity contribution in [2.75, 3.05) is 13.1 Å². The smallest absolute Gasteiger partial charge is 0.219 e. The van der Waals surface area contributed by atoms with Gasteiger partial charge >= 0.3 is 0 Å². The van der Waals surface area contributed by atoms with Crippen molar-refractivity contribution >= 4 is 11.8 Å². The molecule has 0 saturated carbocycles. The first-order valence-corrected chi connectivity index (χ1v) is 18.2. The summed E-state index contributed by atoms with van der Waals surface area (Å²) in [5.41, 5.74) is 0. The van der Waals surface area contributed by atoms with Gasteiger partial charge in [0.1, 0.15) is 0 Å². The lowest BCUT2D eigenvalue weighted by molar-refractivity contribution is -0.122. The Morgan fingerprint density at radius 3 is 0.825 bits per heavy atom. The molecule has 0 aliphatic carbocycles. The molecule has 0 heterocycles. The monoisotopic (exact) mass is 565 g/mol. The topological polar surface area (TPSA) is 58.2 Å². The van der Waals surface area contributed by atoms with Gasteiger partial charge in [-0.05, 0) is 25.7 Å². The highest BCUT2D eigenvalue weighted by Gasteiger charge is 2.03. The zero-order chi connectivity index (χ0) is 29.2. The van der Waals surface area contributed by atoms with E-state index in [0.717, 1.165) is 51.6 Å². The number of amides is 2. The molecule has 4 heteroatoms. The highest BCUT2D eigenvalue weighted by atomic mass is 16.2. The van der Waals surface area contributed by atoms with Crippen LogP contribution >= 0.6 is 0 Å². The maximum atomic E-state index is 12.0. The maximum Gasteiger partial charge on any atom is 0.219 e. The third-order valence-corrected chi connectivity index (χ3v) is 8.26. The second-order valence-electron chi connectivity index (χ2n) is 12.4. The molecule has 0 spiro atoms. The Kier molecular flexibility index (Phi) is 33.2. The molecule has 0 fully saturated rings. The Balaban J connectivity index is 3.25. The van der Waals surface area contributed by atoms with E-state index in [2.05, 4.69) is 24.5 Å². The van der Waals surface area contributed by atoms with Crippen LogP contribution in [0, 0.1) is 0 Å². The number of carbonyl (C=O) groups is 2. The predicted octanol–water partition coefficient (Wildman–Crippen LogP) is 11.0. The fraction of sp³-hybridized carbons (Fsp3) is 0.944. The zero-order valence-electron chi connectivity index (χ0n) is 27.4. The molecule has 0 saturated heterocycles. The molecule has 238 valence electrons. The van der Waals surface area contributed by atoms with Crippen molar-refractivity contribution in [3.05, 3.63) is 0 Å². The fourth-order valence-corrected chi connectivity index (χ4v) is 5.49. The average Bonchev–Trinajstić information content (AvgIpc) is 2.95. The quantitative estimate of drug-likeness (QED) is 0.0779. The molecular formula is C36H72N2O2. The van der Waals surface area contributed by atoms with E-state index in [4.69, 9.17) is 0 Å². The average molecular weight is 565 g/mol. The van der Waals surface area contributed by atoms with Gasteiger partial charge in [-0.3, -0.25) is 9.59 Å². The lowest BCUT2D eigenvalue weighted by Crippen LogP contribution is -2.24. The van der Waals surface area contributed by atoms with Crippen LogP contribution in [0.15, 0.2) is 0 Å². The van der Waals surface area contributed by atoms with Crippen LogP contribution in [0.2, 0.25) is 0 Å². The molecule has 0 bridgehead atoms. The van der Waals surface area contributed by atoms with Crippen molar-refractivity contribution in [3.63, 3.8) is 0 Å². The number of nitrogens with one attached hydrogen (secondary N) is 2. The molecule has 0 aliphatic heterocycles. The molecule has 0 radical (unpaired) electrons. The summed E-state index contributed by atoms with van der Waals surface area (Å²) < 4.78 is 0. The third-order valence-electron chi connectivity index (χ3n) is 8.26. The molecule has 4 nitrogen and oxygen atoms in total. The van der Waals surface area contributed by atoms with E-state index in [9.17, 15) is 9.59 Å². The van der Waals surface area contributed by atoms with Crippen LogP contribution in [0.1, 0.15) is 206 Å². The first kappa shape index (κ1) is 38.9. The van der Waals surface area contributed by atoms with Crippen molar-refractivity contribution < 1.29 is 9.59 Å². The van der Waals surface area contributed by atoms with Crippen LogP contribution in [0.25, 0.3) is 0 Å². The van der Waals surface area contributed by atoms with E-state index < -0.39 is 0 Å². The molecule has 0 aromatic heterocycles. The first-order valence-electron chi connectivity index (χ1n) is 18.2. The van der Waals surface area contributed by atoms with Crippen LogP contribution in [0.3, 0.4) is 0 Å². The van der Waals surface area contributed by atoms with Gasteiger partial charge in [0.2, 0.25) is 11.8 Å². The molecule has 0 aliphatic rings. The summed E-state index contributed by atoms with van der Waals surface area (Å²) in [5, 5.41) is 6.19. The van der Waals surface area contributed by atoms with Crippen molar-refractivity contribution in [2.24, 2.45) is 0 Å². The summed E-state index contributed by atoms with van der Waals surface area (Å²) in [6.07, 6.45) is 37.4. The molecule has 0 aromatic rings. The van der Waals surface area contributed by atoms with Crippen LogP contribution in [-0.2, 0) is 9.59 Å². The van der Waals surface area contributed by atoms with Gasteiger partial charge < -0.3 is 10.6 Å². The van der Waals surface area contributed by atoms with Gasteiger partial charge in [-0.25, -0.2) is 0 Å². The van der Waals surface area contributed by atoms with Crippen LogP contribution < -0.4 is 10.6 Å². The third kappa shape index (κ3) is 33.1. The number of rotatable bonds is 33. The second-order valence-corrected chi connectivity index (χ2v) is 12.4. The summed E-state index contributed by atoms with van der Waals surface area (Å²) in [4.78, 5) is 24.0. The lowest BCUT2D eigenvalue weighted by Gasteiger charge is -2.06. The Hall–Kier alpha value is -1.06. The Morgan fingerprint density at radius 1 is 0.325 bits per heavy atom. The van der Waals surface area contributed by atoms with Crippen molar-refractivity contribution in [1.82, 2.24) is 10.6 Å². The van der Waals surface area contributed by atoms with Gasteiger partial charge in [0.15, 0.2) is 0 Å². The van der Waals surface area contributed by atoms with Gasteiger partial charge in [0, 0.05) is 25.9 Å². The largest absolute Gasteiger partial charge is 0.356 e. The molecule has 0 atom stereocenters. The summed E-state index contributed by atoms with van der Waals surface area (Å²) in [6, 6.07) is 0. The molecule has 2 amide bonds. The minimum absolute atomic E-state index is 0.224. The molecule has 0 rings (SSSR count). The van der Waals surface area contributed by atoms with E-state index in [1.54, 1.807) is 0 Å². The van der Waals surface area contributed by atoms with Crippen molar-refractivity contribution in [2.45, 2.75) is 206 Å². The van der Waals surface area contributed by atoms with Crippen LogP contribution in [-0.4, -0.2) is 24.9 Å². The highest BCUT2D eigenvalue weighted by molar-refractivity contribution is 5.76. The van der Waals surface area contributed by atoms with Gasteiger partial charge in [-0.15, -0.1) is 0 Å². The first-order chi connectivity index (χ1) is 19.7. The Morgan fingerprint density at radius 2 is 0.550 bits per heavy atom. The standard InChI is InChI=1S/C36H72N2O2/c1-3-5-7-9-11-13-15-17-21-25-29-33-37-35(39)31-27-23-19-20-24-28-32-36(40)38-34-30-26-22-18-16-14-12-10-8-6-4-2/h3-34H2,1-2H3,(H,37,39)(H,38,40). The van der Waals surface area contributed by atoms with Crippen LogP contribution in [0.5, 0.6) is 0 Å². The predicted molar refractivity (Wildman–Crippen MR) is 176 cm³/mol. The zero-order valence-corrected chi connectivity index (χ0v) is 27.4. The summed E-state index contributed by atoms with van der Waals surface area (Å²) >= 11 is 0. The van der Waals surface area contributed by atoms with E-state index in [-0.39, 0.29) is 11.8 Å². The maximum absolute atomic E-state index is 12.0. The minimum Gasteiger partial charge on any atom is -0.356 e. The molecule has 40 heavy (non-hydrogen) atoms. The molecular weight excluding hydrogens is 492 g/mol.